The zero-order valence-corrected chi connectivity index (χ0v) is 11.7. The van der Waals surface area contributed by atoms with Crippen molar-refractivity contribution in [1.82, 2.24) is 0 Å². The quantitative estimate of drug-likeness (QED) is 0.885. The molecule has 0 aliphatic heterocycles. The van der Waals surface area contributed by atoms with Crippen molar-refractivity contribution in [1.29, 1.82) is 0 Å². The molecule has 1 atom stereocenters. The monoisotopic (exact) mass is 295 g/mol. The van der Waals surface area contributed by atoms with Gasteiger partial charge in [0.15, 0.2) is 0 Å². The first-order chi connectivity index (χ1) is 9.65. The molecule has 0 aliphatic rings. The molecular weight excluding hydrogens is 281 g/mol. The largest absolute Gasteiger partial charge is 0.495 e. The van der Waals surface area contributed by atoms with Gasteiger partial charge in [0.05, 0.1) is 30.5 Å². The number of methoxy groups -OCH3 is 1. The van der Waals surface area contributed by atoms with Crippen LogP contribution in [-0.2, 0) is 0 Å². The highest BCUT2D eigenvalue weighted by molar-refractivity contribution is 6.30. The lowest BCUT2D eigenvalue weighted by Gasteiger charge is -2.20. The van der Waals surface area contributed by atoms with Crippen molar-refractivity contribution >= 4 is 17.3 Å². The number of halogens is 2. The molecule has 2 rings (SSSR count). The second-order valence-electron chi connectivity index (χ2n) is 4.25. The topological polar surface area (TPSA) is 41.5 Å². The number of aliphatic hydroxyl groups excluding tert-OH is 1. The fourth-order valence-electron chi connectivity index (χ4n) is 1.92. The van der Waals surface area contributed by atoms with Crippen molar-refractivity contribution < 1.29 is 14.2 Å². The lowest BCUT2D eigenvalue weighted by molar-refractivity contribution is 0.276. The van der Waals surface area contributed by atoms with Crippen LogP contribution < -0.4 is 10.1 Å². The maximum absolute atomic E-state index is 13.5. The summed E-state index contributed by atoms with van der Waals surface area (Å²) in [5, 5.41) is 12.7. The molecule has 0 radical (unpaired) electrons. The summed E-state index contributed by atoms with van der Waals surface area (Å²) >= 11 is 5.66. The van der Waals surface area contributed by atoms with Gasteiger partial charge >= 0.3 is 0 Å². The highest BCUT2D eigenvalue weighted by Gasteiger charge is 2.14. The molecule has 3 nitrogen and oxygen atoms in total. The van der Waals surface area contributed by atoms with E-state index in [1.165, 1.54) is 12.1 Å². The summed E-state index contributed by atoms with van der Waals surface area (Å²) in [5.74, 6) is 0.143. The molecular formula is C15H15ClFNO2. The van der Waals surface area contributed by atoms with Gasteiger partial charge in [0.2, 0.25) is 0 Å². The SMILES string of the molecule is COc1ccccc1NC(CO)c1ccc(Cl)c(F)c1. The summed E-state index contributed by atoms with van der Waals surface area (Å²) < 4.78 is 18.7. The molecule has 0 bridgehead atoms. The van der Waals surface area contributed by atoms with Gasteiger partial charge in [-0.05, 0) is 29.8 Å². The molecule has 0 amide bonds. The van der Waals surface area contributed by atoms with E-state index in [9.17, 15) is 9.50 Å². The first kappa shape index (κ1) is 14.6. The van der Waals surface area contributed by atoms with Gasteiger partial charge in [-0.15, -0.1) is 0 Å². The Hall–Kier alpha value is -1.78. The van der Waals surface area contributed by atoms with Crippen LogP contribution in [-0.4, -0.2) is 18.8 Å². The van der Waals surface area contributed by atoms with Crippen molar-refractivity contribution in [2.45, 2.75) is 6.04 Å². The van der Waals surface area contributed by atoms with Crippen LogP contribution in [0.1, 0.15) is 11.6 Å². The molecule has 0 saturated carbocycles. The molecule has 0 saturated heterocycles. The van der Waals surface area contributed by atoms with E-state index in [1.54, 1.807) is 19.2 Å². The molecule has 5 heteroatoms. The number of aliphatic hydroxyl groups is 1. The Morgan fingerprint density at radius 1 is 1.30 bits per heavy atom. The number of anilines is 1. The van der Waals surface area contributed by atoms with Gasteiger partial charge in [0, 0.05) is 0 Å². The maximum Gasteiger partial charge on any atom is 0.142 e. The average molecular weight is 296 g/mol. The molecule has 0 heterocycles. The third kappa shape index (κ3) is 3.21. The lowest BCUT2D eigenvalue weighted by Crippen LogP contribution is -2.15. The zero-order chi connectivity index (χ0) is 14.5. The minimum Gasteiger partial charge on any atom is -0.495 e. The van der Waals surface area contributed by atoms with Gasteiger partial charge < -0.3 is 15.2 Å². The highest BCUT2D eigenvalue weighted by Crippen LogP contribution is 2.28. The molecule has 0 aromatic heterocycles. The van der Waals surface area contributed by atoms with Gasteiger partial charge in [-0.25, -0.2) is 4.39 Å². The molecule has 2 aromatic rings. The van der Waals surface area contributed by atoms with Crippen molar-refractivity contribution in [2.24, 2.45) is 0 Å². The molecule has 106 valence electrons. The van der Waals surface area contributed by atoms with Crippen molar-refractivity contribution in [3.63, 3.8) is 0 Å². The Morgan fingerprint density at radius 3 is 2.70 bits per heavy atom. The predicted octanol–water partition coefficient (Wildman–Crippen LogP) is 3.63. The number of hydrogen-bond acceptors (Lipinski definition) is 3. The van der Waals surface area contributed by atoms with Gasteiger partial charge in [-0.1, -0.05) is 29.8 Å². The first-order valence-electron chi connectivity index (χ1n) is 6.11. The Kier molecular flexibility index (Phi) is 4.82. The zero-order valence-electron chi connectivity index (χ0n) is 10.9. The molecule has 0 aliphatic carbocycles. The van der Waals surface area contributed by atoms with Gasteiger partial charge in [-0.3, -0.25) is 0 Å². The third-order valence-electron chi connectivity index (χ3n) is 2.97. The van der Waals surface area contributed by atoms with Crippen LogP contribution in [0.3, 0.4) is 0 Å². The minimum atomic E-state index is -0.510. The fourth-order valence-corrected chi connectivity index (χ4v) is 2.03. The van der Waals surface area contributed by atoms with Crippen LogP contribution in [0.4, 0.5) is 10.1 Å². The van der Waals surface area contributed by atoms with Crippen molar-refractivity contribution in [3.8, 4) is 5.75 Å². The second-order valence-corrected chi connectivity index (χ2v) is 4.66. The third-order valence-corrected chi connectivity index (χ3v) is 3.27. The van der Waals surface area contributed by atoms with Crippen molar-refractivity contribution in [2.75, 3.05) is 19.0 Å². The molecule has 0 spiro atoms. The Bertz CT molecular complexity index is 592. The summed E-state index contributed by atoms with van der Waals surface area (Å²) in [7, 11) is 1.57. The smallest absolute Gasteiger partial charge is 0.142 e. The number of para-hydroxylation sites is 2. The number of benzene rings is 2. The number of ether oxygens (including phenoxy) is 1. The first-order valence-corrected chi connectivity index (χ1v) is 6.49. The highest BCUT2D eigenvalue weighted by atomic mass is 35.5. The van der Waals surface area contributed by atoms with Crippen molar-refractivity contribution in [3.05, 3.63) is 58.9 Å². The Balaban J connectivity index is 2.26. The van der Waals surface area contributed by atoms with E-state index >= 15 is 0 Å². The Morgan fingerprint density at radius 2 is 2.05 bits per heavy atom. The summed E-state index contributed by atoms with van der Waals surface area (Å²) in [6, 6.07) is 11.3. The van der Waals surface area contributed by atoms with Crippen LogP contribution in [0.15, 0.2) is 42.5 Å². The van der Waals surface area contributed by atoms with E-state index in [2.05, 4.69) is 5.32 Å². The van der Waals surface area contributed by atoms with E-state index in [0.717, 1.165) is 5.69 Å². The number of nitrogens with one attached hydrogen (secondary N) is 1. The standard InChI is InChI=1S/C15H15ClFNO2/c1-20-15-5-3-2-4-13(15)18-14(9-19)10-6-7-11(16)12(17)8-10/h2-8,14,18-19H,9H2,1H3. The predicted molar refractivity (Wildman–Crippen MR) is 77.9 cm³/mol. The molecule has 2 N–H and O–H groups in total. The van der Waals surface area contributed by atoms with Crippen LogP contribution in [0, 0.1) is 5.82 Å². The van der Waals surface area contributed by atoms with E-state index in [0.29, 0.717) is 11.3 Å². The lowest BCUT2D eigenvalue weighted by atomic mass is 10.1. The molecule has 1 unspecified atom stereocenters. The van der Waals surface area contributed by atoms with Crippen LogP contribution in [0.5, 0.6) is 5.75 Å². The van der Waals surface area contributed by atoms with Crippen LogP contribution in [0.25, 0.3) is 0 Å². The summed E-state index contributed by atoms with van der Waals surface area (Å²) in [6.45, 7) is -0.181. The Labute approximate surface area is 122 Å². The van der Waals surface area contributed by atoms with Gasteiger partial charge in [0.25, 0.3) is 0 Å². The molecule has 0 fully saturated rings. The van der Waals surface area contributed by atoms with Crippen LogP contribution in [0.2, 0.25) is 5.02 Å². The number of rotatable bonds is 5. The van der Waals surface area contributed by atoms with E-state index in [4.69, 9.17) is 16.3 Å². The van der Waals surface area contributed by atoms with E-state index in [-0.39, 0.29) is 11.6 Å². The second kappa shape index (κ2) is 6.59. The minimum absolute atomic E-state index is 0.0581. The summed E-state index contributed by atoms with van der Waals surface area (Å²) in [6.07, 6.45) is 0. The fraction of sp³-hybridized carbons (Fsp3) is 0.200. The normalized spacial score (nSPS) is 12.0. The molecule has 2 aromatic carbocycles. The van der Waals surface area contributed by atoms with Gasteiger partial charge in [-0.2, -0.15) is 0 Å². The van der Waals surface area contributed by atoms with Crippen LogP contribution >= 0.6 is 11.6 Å². The molecule has 20 heavy (non-hydrogen) atoms. The van der Waals surface area contributed by atoms with Gasteiger partial charge in [0.1, 0.15) is 11.6 Å². The van der Waals surface area contributed by atoms with E-state index in [1.807, 2.05) is 18.2 Å². The summed E-state index contributed by atoms with van der Waals surface area (Å²) in [4.78, 5) is 0. The maximum atomic E-state index is 13.5. The number of hydrogen-bond donors (Lipinski definition) is 2. The average Bonchev–Trinajstić information content (AvgIpc) is 2.48. The summed E-state index contributed by atoms with van der Waals surface area (Å²) in [5.41, 5.74) is 1.34. The van der Waals surface area contributed by atoms with E-state index < -0.39 is 11.9 Å².